The van der Waals surface area contributed by atoms with Crippen LogP contribution < -0.4 is 4.74 Å². The van der Waals surface area contributed by atoms with E-state index in [2.05, 4.69) is 0 Å². The van der Waals surface area contributed by atoms with Gasteiger partial charge >= 0.3 is 0 Å². The summed E-state index contributed by atoms with van der Waals surface area (Å²) in [6.07, 6.45) is 0.283. The SMILES string of the molecule is O[C@@H]1COc2cc(Cl)ccc2C1. The molecule has 12 heavy (non-hydrogen) atoms. The van der Waals surface area contributed by atoms with E-state index in [0.717, 1.165) is 11.3 Å². The van der Waals surface area contributed by atoms with E-state index in [4.69, 9.17) is 16.3 Å². The number of hydrogen-bond donors (Lipinski definition) is 1. The van der Waals surface area contributed by atoms with Crippen LogP contribution in [0.1, 0.15) is 5.56 Å². The summed E-state index contributed by atoms with van der Waals surface area (Å²) < 4.78 is 5.28. The van der Waals surface area contributed by atoms with Gasteiger partial charge in [0.05, 0.1) is 6.10 Å². The van der Waals surface area contributed by atoms with Crippen LogP contribution >= 0.6 is 11.6 Å². The maximum atomic E-state index is 9.27. The molecule has 2 nitrogen and oxygen atoms in total. The number of halogens is 1. The van der Waals surface area contributed by atoms with Gasteiger partial charge in [0.25, 0.3) is 0 Å². The average Bonchev–Trinajstić information content (AvgIpc) is 2.05. The molecule has 3 heteroatoms. The van der Waals surface area contributed by atoms with E-state index in [1.807, 2.05) is 12.1 Å². The molecule has 0 saturated carbocycles. The Bertz CT molecular complexity index is 299. The normalized spacial score (nSPS) is 21.3. The van der Waals surface area contributed by atoms with Crippen LogP contribution in [-0.4, -0.2) is 17.8 Å². The third kappa shape index (κ3) is 1.40. The van der Waals surface area contributed by atoms with Gasteiger partial charge in [0, 0.05) is 11.4 Å². The van der Waals surface area contributed by atoms with E-state index >= 15 is 0 Å². The van der Waals surface area contributed by atoms with Crippen molar-refractivity contribution >= 4 is 11.6 Å². The maximum absolute atomic E-state index is 9.27. The molecule has 0 saturated heterocycles. The highest BCUT2D eigenvalue weighted by molar-refractivity contribution is 6.30. The largest absolute Gasteiger partial charge is 0.491 e. The Balaban J connectivity index is 2.37. The highest BCUT2D eigenvalue weighted by atomic mass is 35.5. The molecule has 0 amide bonds. The minimum atomic E-state index is -0.376. The van der Waals surface area contributed by atoms with Gasteiger partial charge in [0.15, 0.2) is 0 Å². The first kappa shape index (κ1) is 7.90. The minimum absolute atomic E-state index is 0.368. The van der Waals surface area contributed by atoms with Gasteiger partial charge in [-0.05, 0) is 17.7 Å². The fraction of sp³-hybridized carbons (Fsp3) is 0.333. The molecule has 1 aromatic rings. The van der Waals surface area contributed by atoms with Crippen molar-refractivity contribution in [3.8, 4) is 5.75 Å². The van der Waals surface area contributed by atoms with Crippen LogP contribution in [0.5, 0.6) is 5.75 Å². The minimum Gasteiger partial charge on any atom is -0.491 e. The summed E-state index contributed by atoms with van der Waals surface area (Å²) in [7, 11) is 0. The van der Waals surface area contributed by atoms with Crippen molar-refractivity contribution in [3.63, 3.8) is 0 Å². The molecule has 2 rings (SSSR count). The zero-order valence-corrected chi connectivity index (χ0v) is 7.21. The Morgan fingerprint density at radius 2 is 2.33 bits per heavy atom. The lowest BCUT2D eigenvalue weighted by Gasteiger charge is -2.21. The number of ether oxygens (including phenoxy) is 1. The standard InChI is InChI=1S/C9H9ClO2/c10-7-2-1-6-3-8(11)5-12-9(6)4-7/h1-2,4,8,11H,3,5H2/t8-/m0/s1. The second-order valence-electron chi connectivity index (χ2n) is 2.92. The smallest absolute Gasteiger partial charge is 0.124 e. The highest BCUT2D eigenvalue weighted by Gasteiger charge is 2.17. The molecule has 1 aromatic carbocycles. The van der Waals surface area contributed by atoms with Gasteiger partial charge < -0.3 is 9.84 Å². The van der Waals surface area contributed by atoms with Crippen molar-refractivity contribution in [1.82, 2.24) is 0 Å². The third-order valence-electron chi connectivity index (χ3n) is 1.92. The number of rotatable bonds is 0. The average molecular weight is 185 g/mol. The van der Waals surface area contributed by atoms with E-state index in [-0.39, 0.29) is 6.10 Å². The molecule has 1 heterocycles. The van der Waals surface area contributed by atoms with Crippen LogP contribution in [0.2, 0.25) is 5.02 Å². The zero-order chi connectivity index (χ0) is 8.55. The molecular weight excluding hydrogens is 176 g/mol. The number of aliphatic hydroxyl groups excluding tert-OH is 1. The van der Waals surface area contributed by atoms with E-state index in [1.165, 1.54) is 0 Å². The van der Waals surface area contributed by atoms with Crippen molar-refractivity contribution in [3.05, 3.63) is 28.8 Å². The topological polar surface area (TPSA) is 29.5 Å². The fourth-order valence-electron chi connectivity index (χ4n) is 1.33. The van der Waals surface area contributed by atoms with Gasteiger partial charge in [-0.2, -0.15) is 0 Å². The van der Waals surface area contributed by atoms with Gasteiger partial charge in [0.1, 0.15) is 12.4 Å². The van der Waals surface area contributed by atoms with Gasteiger partial charge in [0.2, 0.25) is 0 Å². The lowest BCUT2D eigenvalue weighted by Crippen LogP contribution is -2.25. The summed E-state index contributed by atoms with van der Waals surface area (Å²) >= 11 is 5.77. The first-order chi connectivity index (χ1) is 5.75. The van der Waals surface area contributed by atoms with Gasteiger partial charge in [-0.15, -0.1) is 0 Å². The first-order valence-electron chi connectivity index (χ1n) is 3.85. The van der Waals surface area contributed by atoms with Crippen LogP contribution in [-0.2, 0) is 6.42 Å². The Hall–Kier alpha value is -0.730. The molecule has 0 aliphatic carbocycles. The maximum Gasteiger partial charge on any atom is 0.124 e. The summed E-state index contributed by atoms with van der Waals surface area (Å²) in [5, 5.41) is 9.94. The number of benzene rings is 1. The van der Waals surface area contributed by atoms with Crippen LogP contribution in [0.15, 0.2) is 18.2 Å². The monoisotopic (exact) mass is 184 g/mol. The molecule has 0 fully saturated rings. The summed E-state index contributed by atoms with van der Waals surface area (Å²) in [6, 6.07) is 5.48. The van der Waals surface area contributed by atoms with Crippen molar-refractivity contribution < 1.29 is 9.84 Å². The second kappa shape index (κ2) is 2.96. The van der Waals surface area contributed by atoms with E-state index in [9.17, 15) is 5.11 Å². The van der Waals surface area contributed by atoms with E-state index in [1.54, 1.807) is 6.07 Å². The zero-order valence-electron chi connectivity index (χ0n) is 6.46. The summed E-state index contributed by atoms with van der Waals surface area (Å²) in [6.45, 7) is 0.368. The fourth-order valence-corrected chi connectivity index (χ4v) is 1.49. The summed E-state index contributed by atoms with van der Waals surface area (Å²) in [5.41, 5.74) is 1.03. The number of hydrogen-bond acceptors (Lipinski definition) is 2. The summed E-state index contributed by atoms with van der Waals surface area (Å²) in [5.74, 6) is 0.799. The first-order valence-corrected chi connectivity index (χ1v) is 4.23. The molecule has 0 spiro atoms. The van der Waals surface area contributed by atoms with Crippen molar-refractivity contribution in [2.45, 2.75) is 12.5 Å². The molecule has 64 valence electrons. The molecule has 1 aliphatic heterocycles. The molecule has 0 radical (unpaired) electrons. The lowest BCUT2D eigenvalue weighted by atomic mass is 10.1. The molecule has 0 aromatic heterocycles. The molecule has 1 aliphatic rings. The Labute approximate surface area is 75.7 Å². The van der Waals surface area contributed by atoms with Crippen molar-refractivity contribution in [1.29, 1.82) is 0 Å². The van der Waals surface area contributed by atoms with Crippen molar-refractivity contribution in [2.24, 2.45) is 0 Å². The van der Waals surface area contributed by atoms with Crippen LogP contribution in [0.3, 0.4) is 0 Å². The van der Waals surface area contributed by atoms with Crippen LogP contribution in [0.4, 0.5) is 0 Å². The van der Waals surface area contributed by atoms with Gasteiger partial charge in [-0.25, -0.2) is 0 Å². The van der Waals surface area contributed by atoms with E-state index < -0.39 is 0 Å². The Kier molecular flexibility index (Phi) is 1.95. The lowest BCUT2D eigenvalue weighted by molar-refractivity contribution is 0.0921. The van der Waals surface area contributed by atoms with Crippen LogP contribution in [0, 0.1) is 0 Å². The molecule has 0 bridgehead atoms. The number of fused-ring (bicyclic) bond motifs is 1. The summed E-state index contributed by atoms with van der Waals surface area (Å²) in [4.78, 5) is 0. The molecule has 1 N–H and O–H groups in total. The molecular formula is C9H9ClO2. The van der Waals surface area contributed by atoms with Crippen LogP contribution in [0.25, 0.3) is 0 Å². The molecule has 0 unspecified atom stereocenters. The Morgan fingerprint density at radius 3 is 3.17 bits per heavy atom. The molecule has 1 atom stereocenters. The van der Waals surface area contributed by atoms with Gasteiger partial charge in [-0.1, -0.05) is 17.7 Å². The second-order valence-corrected chi connectivity index (χ2v) is 3.36. The highest BCUT2D eigenvalue weighted by Crippen LogP contribution is 2.27. The van der Waals surface area contributed by atoms with Gasteiger partial charge in [-0.3, -0.25) is 0 Å². The number of aliphatic hydroxyl groups is 1. The van der Waals surface area contributed by atoms with E-state index in [0.29, 0.717) is 18.1 Å². The quantitative estimate of drug-likeness (QED) is 0.664. The predicted molar refractivity (Wildman–Crippen MR) is 46.7 cm³/mol. The third-order valence-corrected chi connectivity index (χ3v) is 2.15. The Morgan fingerprint density at radius 1 is 1.50 bits per heavy atom. The van der Waals surface area contributed by atoms with Crippen molar-refractivity contribution in [2.75, 3.05) is 6.61 Å². The predicted octanol–water partition coefficient (Wildman–Crippen LogP) is 1.64.